The fourth-order valence-corrected chi connectivity index (χ4v) is 1.50. The number of carbonyl (C=O) groups excluding carboxylic acids is 1. The van der Waals surface area contributed by atoms with Gasteiger partial charge in [-0.1, -0.05) is 6.07 Å². The van der Waals surface area contributed by atoms with Gasteiger partial charge in [-0.25, -0.2) is 4.79 Å². The van der Waals surface area contributed by atoms with Gasteiger partial charge in [-0.15, -0.1) is 0 Å². The maximum absolute atomic E-state index is 11.5. The van der Waals surface area contributed by atoms with E-state index < -0.39 is 5.97 Å². The van der Waals surface area contributed by atoms with Crippen LogP contribution in [0.15, 0.2) is 41.0 Å². The third-order valence-corrected chi connectivity index (χ3v) is 2.22. The van der Waals surface area contributed by atoms with Gasteiger partial charge in [0.05, 0.1) is 24.5 Å². The van der Waals surface area contributed by atoms with Crippen LogP contribution in [-0.4, -0.2) is 18.2 Å². The maximum Gasteiger partial charge on any atom is 0.338 e. The van der Waals surface area contributed by atoms with Crippen molar-refractivity contribution in [1.82, 2.24) is 0 Å². The van der Waals surface area contributed by atoms with Crippen LogP contribution in [0.5, 0.6) is 5.75 Å². The Balaban J connectivity index is 2.62. The number of furan rings is 1. The molecule has 0 saturated carbocycles. The molecule has 4 heteroatoms. The van der Waals surface area contributed by atoms with Crippen LogP contribution in [0.25, 0.3) is 11.3 Å². The first-order valence-electron chi connectivity index (χ1n) is 4.68. The molecule has 82 valence electrons. The number of carbonyl (C=O) groups is 1. The van der Waals surface area contributed by atoms with E-state index in [1.807, 2.05) is 0 Å². The molecular weight excluding hydrogens is 208 g/mol. The van der Waals surface area contributed by atoms with E-state index in [1.54, 1.807) is 24.3 Å². The Morgan fingerprint density at radius 3 is 2.75 bits per heavy atom. The van der Waals surface area contributed by atoms with Crippen LogP contribution >= 0.6 is 0 Å². The summed E-state index contributed by atoms with van der Waals surface area (Å²) in [5.41, 5.74) is 0.622. The van der Waals surface area contributed by atoms with E-state index in [-0.39, 0.29) is 11.3 Å². The molecule has 1 aromatic heterocycles. The first kappa shape index (κ1) is 10.3. The second-order valence-corrected chi connectivity index (χ2v) is 3.17. The van der Waals surface area contributed by atoms with Gasteiger partial charge >= 0.3 is 5.97 Å². The predicted molar refractivity (Wildman–Crippen MR) is 57.1 cm³/mol. The first-order chi connectivity index (χ1) is 7.74. The molecule has 0 atom stereocenters. The molecule has 1 heterocycles. The minimum atomic E-state index is -0.512. The van der Waals surface area contributed by atoms with Gasteiger partial charge in [0, 0.05) is 0 Å². The Hall–Kier alpha value is -2.23. The fraction of sp³-hybridized carbons (Fsp3) is 0.0833. The van der Waals surface area contributed by atoms with Crippen LogP contribution in [0.2, 0.25) is 0 Å². The molecule has 0 aliphatic rings. The Bertz CT molecular complexity index is 500. The van der Waals surface area contributed by atoms with Crippen molar-refractivity contribution in [2.75, 3.05) is 7.11 Å². The summed E-state index contributed by atoms with van der Waals surface area (Å²) in [5, 5.41) is 9.74. The average Bonchev–Trinajstić information content (AvgIpc) is 2.81. The highest BCUT2D eigenvalue weighted by molar-refractivity contribution is 5.98. The van der Waals surface area contributed by atoms with Crippen LogP contribution in [0.1, 0.15) is 10.4 Å². The topological polar surface area (TPSA) is 59.7 Å². The number of methoxy groups -OCH3 is 1. The standard InChI is InChI=1S/C12H10O4/c1-15-12(14)8-4-2-5-9(13)11(8)10-6-3-7-16-10/h2-7,13H,1H3. The van der Waals surface area contributed by atoms with Gasteiger partial charge in [0.15, 0.2) is 0 Å². The second-order valence-electron chi connectivity index (χ2n) is 3.17. The summed E-state index contributed by atoms with van der Waals surface area (Å²) in [6, 6.07) is 7.99. The molecule has 0 aliphatic carbocycles. The third-order valence-electron chi connectivity index (χ3n) is 2.22. The molecule has 4 nitrogen and oxygen atoms in total. The summed E-state index contributed by atoms with van der Waals surface area (Å²) < 4.78 is 9.81. The van der Waals surface area contributed by atoms with Crippen LogP contribution in [0.4, 0.5) is 0 Å². The predicted octanol–water partition coefficient (Wildman–Crippen LogP) is 2.44. The van der Waals surface area contributed by atoms with Gasteiger partial charge in [-0.2, -0.15) is 0 Å². The number of esters is 1. The Kier molecular flexibility index (Phi) is 2.64. The van der Waals surface area contributed by atoms with Crippen molar-refractivity contribution in [3.05, 3.63) is 42.2 Å². The molecule has 0 amide bonds. The number of ether oxygens (including phenoxy) is 1. The molecule has 0 aliphatic heterocycles. The normalized spacial score (nSPS) is 10.1. The summed E-state index contributed by atoms with van der Waals surface area (Å²) in [4.78, 5) is 11.5. The number of phenols is 1. The lowest BCUT2D eigenvalue weighted by molar-refractivity contribution is 0.0601. The number of rotatable bonds is 2. The number of hydrogen-bond acceptors (Lipinski definition) is 4. The van der Waals surface area contributed by atoms with Gasteiger partial charge in [0.1, 0.15) is 11.5 Å². The molecule has 0 radical (unpaired) electrons. The average molecular weight is 218 g/mol. The van der Waals surface area contributed by atoms with Gasteiger partial charge in [-0.05, 0) is 24.3 Å². The summed E-state index contributed by atoms with van der Waals surface area (Å²) >= 11 is 0. The summed E-state index contributed by atoms with van der Waals surface area (Å²) in [5.74, 6) is -0.0985. The number of benzene rings is 1. The smallest absolute Gasteiger partial charge is 0.338 e. The molecule has 0 spiro atoms. The molecule has 1 N–H and O–H groups in total. The van der Waals surface area contributed by atoms with Crippen molar-refractivity contribution >= 4 is 5.97 Å². The zero-order valence-electron chi connectivity index (χ0n) is 8.64. The molecule has 0 unspecified atom stereocenters. The van der Waals surface area contributed by atoms with E-state index in [9.17, 15) is 9.90 Å². The van der Waals surface area contributed by atoms with Crippen molar-refractivity contribution in [1.29, 1.82) is 0 Å². The van der Waals surface area contributed by atoms with E-state index in [2.05, 4.69) is 4.74 Å². The third kappa shape index (κ3) is 1.65. The van der Waals surface area contributed by atoms with E-state index in [0.717, 1.165) is 0 Å². The Morgan fingerprint density at radius 2 is 2.12 bits per heavy atom. The Morgan fingerprint density at radius 1 is 1.31 bits per heavy atom. The lowest BCUT2D eigenvalue weighted by atomic mass is 10.0. The SMILES string of the molecule is COC(=O)c1cccc(O)c1-c1ccco1. The second kappa shape index (κ2) is 4.10. The molecule has 0 bridgehead atoms. The highest BCUT2D eigenvalue weighted by Crippen LogP contribution is 2.33. The van der Waals surface area contributed by atoms with Crippen molar-refractivity contribution in [3.63, 3.8) is 0 Å². The monoisotopic (exact) mass is 218 g/mol. The maximum atomic E-state index is 11.5. The van der Waals surface area contributed by atoms with Crippen molar-refractivity contribution in [3.8, 4) is 17.1 Å². The molecular formula is C12H10O4. The number of hydrogen-bond donors (Lipinski definition) is 1. The largest absolute Gasteiger partial charge is 0.507 e. The molecule has 0 saturated heterocycles. The van der Waals surface area contributed by atoms with Crippen molar-refractivity contribution in [2.45, 2.75) is 0 Å². The molecule has 16 heavy (non-hydrogen) atoms. The van der Waals surface area contributed by atoms with E-state index in [4.69, 9.17) is 4.42 Å². The van der Waals surface area contributed by atoms with Gasteiger partial charge in [0.2, 0.25) is 0 Å². The quantitative estimate of drug-likeness (QED) is 0.786. The zero-order chi connectivity index (χ0) is 11.5. The van der Waals surface area contributed by atoms with E-state index >= 15 is 0 Å². The minimum absolute atomic E-state index is 0.0159. The number of phenolic OH excluding ortho intramolecular Hbond substituents is 1. The van der Waals surface area contributed by atoms with Crippen LogP contribution < -0.4 is 0 Å². The van der Waals surface area contributed by atoms with E-state index in [1.165, 1.54) is 19.4 Å². The summed E-state index contributed by atoms with van der Waals surface area (Å²) in [6.45, 7) is 0. The highest BCUT2D eigenvalue weighted by atomic mass is 16.5. The molecule has 0 fully saturated rings. The molecule has 2 rings (SSSR count). The first-order valence-corrected chi connectivity index (χ1v) is 4.68. The lowest BCUT2D eigenvalue weighted by Crippen LogP contribution is -2.03. The van der Waals surface area contributed by atoms with Crippen LogP contribution in [0.3, 0.4) is 0 Å². The zero-order valence-corrected chi connectivity index (χ0v) is 8.64. The van der Waals surface area contributed by atoms with Gasteiger partial charge in [-0.3, -0.25) is 0 Å². The lowest BCUT2D eigenvalue weighted by Gasteiger charge is -2.07. The van der Waals surface area contributed by atoms with Gasteiger partial charge < -0.3 is 14.3 Å². The summed E-state index contributed by atoms with van der Waals surface area (Å²) in [6.07, 6.45) is 1.48. The highest BCUT2D eigenvalue weighted by Gasteiger charge is 2.18. The summed E-state index contributed by atoms with van der Waals surface area (Å²) in [7, 11) is 1.29. The van der Waals surface area contributed by atoms with Crippen LogP contribution in [-0.2, 0) is 4.74 Å². The van der Waals surface area contributed by atoms with Crippen molar-refractivity contribution < 1.29 is 19.1 Å². The molecule has 1 aromatic carbocycles. The number of aromatic hydroxyl groups is 1. The van der Waals surface area contributed by atoms with Crippen LogP contribution in [0, 0.1) is 0 Å². The Labute approximate surface area is 92.1 Å². The molecule has 2 aromatic rings. The van der Waals surface area contributed by atoms with E-state index in [0.29, 0.717) is 11.3 Å². The minimum Gasteiger partial charge on any atom is -0.507 e. The van der Waals surface area contributed by atoms with Crippen molar-refractivity contribution in [2.24, 2.45) is 0 Å². The fourth-order valence-electron chi connectivity index (χ4n) is 1.50. The van der Waals surface area contributed by atoms with Gasteiger partial charge in [0.25, 0.3) is 0 Å².